The number of carbonyl (C=O) groups excluding carboxylic acids is 2. The number of hydrogen-bond acceptors (Lipinski definition) is 2. The predicted octanol–water partition coefficient (Wildman–Crippen LogP) is 4.38. The van der Waals surface area contributed by atoms with E-state index in [1.165, 1.54) is 4.90 Å². The Morgan fingerprint density at radius 3 is 2.39 bits per heavy atom. The van der Waals surface area contributed by atoms with Gasteiger partial charge in [-0.05, 0) is 43.7 Å². The predicted molar refractivity (Wildman–Crippen MR) is 90.5 cm³/mol. The van der Waals surface area contributed by atoms with Crippen LogP contribution in [0.25, 0.3) is 0 Å². The Kier molecular flexibility index (Phi) is 4.56. The standard InChI is InChI=1S/C17H20Cl2N2O2/c1-2-11-6-8-17(9-7-11)15(22)21(16(23)20-17)10-12-13(18)4-3-5-14(12)19/h3-5,11H,2,6-10H2,1H3,(H,20,23). The van der Waals surface area contributed by atoms with Crippen LogP contribution in [0.3, 0.4) is 0 Å². The summed E-state index contributed by atoms with van der Waals surface area (Å²) in [5, 5.41) is 3.86. The summed E-state index contributed by atoms with van der Waals surface area (Å²) in [4.78, 5) is 26.5. The second kappa shape index (κ2) is 6.33. The average Bonchev–Trinajstić information content (AvgIpc) is 2.75. The lowest BCUT2D eigenvalue weighted by molar-refractivity contribution is -0.133. The van der Waals surface area contributed by atoms with E-state index in [-0.39, 0.29) is 18.5 Å². The Hall–Kier alpha value is -1.26. The minimum Gasteiger partial charge on any atom is -0.323 e. The smallest absolute Gasteiger partial charge is 0.323 e. The fraction of sp³-hybridized carbons (Fsp3) is 0.529. The van der Waals surface area contributed by atoms with Crippen LogP contribution in [0.2, 0.25) is 10.0 Å². The quantitative estimate of drug-likeness (QED) is 0.818. The summed E-state index contributed by atoms with van der Waals surface area (Å²) in [5.41, 5.74) is -0.116. The van der Waals surface area contributed by atoms with Gasteiger partial charge in [0.25, 0.3) is 5.91 Å². The van der Waals surface area contributed by atoms with Crippen LogP contribution in [0.5, 0.6) is 0 Å². The molecule has 0 atom stereocenters. The number of urea groups is 1. The number of nitrogens with zero attached hydrogens (tertiary/aromatic N) is 1. The minimum absolute atomic E-state index is 0.113. The van der Waals surface area contributed by atoms with Gasteiger partial charge in [-0.1, -0.05) is 42.6 Å². The van der Waals surface area contributed by atoms with Crippen LogP contribution in [0.4, 0.5) is 4.79 Å². The molecule has 6 heteroatoms. The fourth-order valence-corrected chi connectivity index (χ4v) is 4.10. The van der Waals surface area contributed by atoms with Crippen LogP contribution in [0.1, 0.15) is 44.6 Å². The van der Waals surface area contributed by atoms with Gasteiger partial charge in [0.2, 0.25) is 0 Å². The molecule has 1 aromatic carbocycles. The normalized spacial score (nSPS) is 27.6. The Morgan fingerprint density at radius 1 is 1.22 bits per heavy atom. The summed E-state index contributed by atoms with van der Waals surface area (Å²) < 4.78 is 0. The number of imide groups is 1. The van der Waals surface area contributed by atoms with Crippen LogP contribution in [0, 0.1) is 5.92 Å². The van der Waals surface area contributed by atoms with Crippen molar-refractivity contribution in [2.45, 2.75) is 51.1 Å². The first-order chi connectivity index (χ1) is 11.0. The maximum Gasteiger partial charge on any atom is 0.325 e. The molecule has 1 saturated carbocycles. The third-order valence-electron chi connectivity index (χ3n) is 5.16. The van der Waals surface area contributed by atoms with Gasteiger partial charge < -0.3 is 5.32 Å². The molecule has 124 valence electrons. The fourth-order valence-electron chi connectivity index (χ4n) is 3.58. The highest BCUT2D eigenvalue weighted by molar-refractivity contribution is 6.36. The highest BCUT2D eigenvalue weighted by Crippen LogP contribution is 2.38. The van der Waals surface area contributed by atoms with Gasteiger partial charge in [0.05, 0.1) is 6.54 Å². The molecule has 0 bridgehead atoms. The van der Waals surface area contributed by atoms with Gasteiger partial charge in [0.1, 0.15) is 5.54 Å². The molecule has 2 fully saturated rings. The molecule has 1 aliphatic carbocycles. The first kappa shape index (κ1) is 16.6. The molecule has 3 rings (SSSR count). The average molecular weight is 355 g/mol. The van der Waals surface area contributed by atoms with Crippen LogP contribution < -0.4 is 5.32 Å². The number of nitrogens with one attached hydrogen (secondary N) is 1. The van der Waals surface area contributed by atoms with Crippen molar-refractivity contribution in [2.24, 2.45) is 5.92 Å². The number of benzene rings is 1. The molecule has 1 heterocycles. The zero-order chi connectivity index (χ0) is 16.6. The summed E-state index contributed by atoms with van der Waals surface area (Å²) in [6.45, 7) is 2.28. The maximum atomic E-state index is 12.9. The van der Waals surface area contributed by atoms with E-state index in [2.05, 4.69) is 12.2 Å². The lowest BCUT2D eigenvalue weighted by Gasteiger charge is -2.34. The van der Waals surface area contributed by atoms with Gasteiger partial charge in [-0.25, -0.2) is 4.79 Å². The second-order valence-electron chi connectivity index (χ2n) is 6.46. The third-order valence-corrected chi connectivity index (χ3v) is 5.87. The molecule has 23 heavy (non-hydrogen) atoms. The van der Waals surface area contributed by atoms with E-state index in [9.17, 15) is 9.59 Å². The second-order valence-corrected chi connectivity index (χ2v) is 7.27. The van der Waals surface area contributed by atoms with Crippen LogP contribution in [0.15, 0.2) is 18.2 Å². The summed E-state index contributed by atoms with van der Waals surface area (Å²) >= 11 is 12.3. The van der Waals surface area contributed by atoms with Crippen molar-refractivity contribution >= 4 is 35.1 Å². The minimum atomic E-state index is -0.726. The van der Waals surface area contributed by atoms with Gasteiger partial charge in [-0.3, -0.25) is 9.69 Å². The van der Waals surface area contributed by atoms with E-state index in [4.69, 9.17) is 23.2 Å². The first-order valence-electron chi connectivity index (χ1n) is 8.04. The van der Waals surface area contributed by atoms with E-state index >= 15 is 0 Å². The molecular weight excluding hydrogens is 335 g/mol. The molecule has 3 amide bonds. The molecule has 1 aromatic rings. The molecule has 0 radical (unpaired) electrons. The molecule has 1 spiro atoms. The highest BCUT2D eigenvalue weighted by Gasteiger charge is 2.52. The van der Waals surface area contributed by atoms with E-state index in [0.29, 0.717) is 34.4 Å². The van der Waals surface area contributed by atoms with Gasteiger partial charge >= 0.3 is 6.03 Å². The monoisotopic (exact) mass is 354 g/mol. The number of hydrogen-bond donors (Lipinski definition) is 1. The zero-order valence-corrected chi connectivity index (χ0v) is 14.6. The molecule has 0 unspecified atom stereocenters. The summed E-state index contributed by atoms with van der Waals surface area (Å²) in [7, 11) is 0. The summed E-state index contributed by atoms with van der Waals surface area (Å²) in [6, 6.07) is 4.82. The molecular formula is C17H20Cl2N2O2. The molecule has 4 nitrogen and oxygen atoms in total. The van der Waals surface area contributed by atoms with E-state index < -0.39 is 5.54 Å². The van der Waals surface area contributed by atoms with Crippen LogP contribution in [-0.2, 0) is 11.3 Å². The van der Waals surface area contributed by atoms with Gasteiger partial charge in [0.15, 0.2) is 0 Å². The third kappa shape index (κ3) is 2.94. The number of rotatable bonds is 3. The van der Waals surface area contributed by atoms with Gasteiger partial charge in [0, 0.05) is 15.6 Å². The molecule has 1 saturated heterocycles. The highest BCUT2D eigenvalue weighted by atomic mass is 35.5. The Bertz CT molecular complexity index is 619. The van der Waals surface area contributed by atoms with Crippen molar-refractivity contribution in [3.05, 3.63) is 33.8 Å². The Balaban J connectivity index is 1.80. The maximum absolute atomic E-state index is 12.9. The van der Waals surface area contributed by atoms with Gasteiger partial charge in [-0.15, -0.1) is 0 Å². The molecule has 1 aliphatic heterocycles. The molecule has 0 aromatic heterocycles. The SMILES string of the molecule is CCC1CCC2(CC1)NC(=O)N(Cc1c(Cl)cccc1Cl)C2=O. The van der Waals surface area contributed by atoms with Crippen LogP contribution >= 0.6 is 23.2 Å². The van der Waals surface area contributed by atoms with Crippen molar-refractivity contribution in [2.75, 3.05) is 0 Å². The topological polar surface area (TPSA) is 49.4 Å². The lowest BCUT2D eigenvalue weighted by atomic mass is 9.75. The largest absolute Gasteiger partial charge is 0.325 e. The van der Waals surface area contributed by atoms with E-state index in [1.54, 1.807) is 18.2 Å². The van der Waals surface area contributed by atoms with E-state index in [1.807, 2.05) is 0 Å². The number of amides is 3. The van der Waals surface area contributed by atoms with Crippen molar-refractivity contribution in [1.82, 2.24) is 10.2 Å². The van der Waals surface area contributed by atoms with Crippen LogP contribution in [-0.4, -0.2) is 22.4 Å². The first-order valence-corrected chi connectivity index (χ1v) is 8.79. The Morgan fingerprint density at radius 2 is 1.83 bits per heavy atom. The number of halogens is 2. The van der Waals surface area contributed by atoms with E-state index in [0.717, 1.165) is 19.3 Å². The lowest BCUT2D eigenvalue weighted by Crippen LogP contribution is -2.49. The zero-order valence-electron chi connectivity index (χ0n) is 13.1. The Labute approximate surface area is 146 Å². The molecule has 1 N–H and O–H groups in total. The van der Waals surface area contributed by atoms with Gasteiger partial charge in [-0.2, -0.15) is 0 Å². The van der Waals surface area contributed by atoms with Crippen molar-refractivity contribution in [3.8, 4) is 0 Å². The number of carbonyl (C=O) groups is 2. The van der Waals surface area contributed by atoms with Crippen molar-refractivity contribution in [1.29, 1.82) is 0 Å². The van der Waals surface area contributed by atoms with Crippen molar-refractivity contribution in [3.63, 3.8) is 0 Å². The summed E-state index contributed by atoms with van der Waals surface area (Å²) in [6.07, 6.45) is 4.50. The molecule has 2 aliphatic rings. The van der Waals surface area contributed by atoms with Crippen molar-refractivity contribution < 1.29 is 9.59 Å². The summed E-state index contributed by atoms with van der Waals surface area (Å²) in [5.74, 6) is 0.505.